The van der Waals surface area contributed by atoms with Crippen LogP contribution in [0.25, 0.3) is 10.8 Å². The van der Waals surface area contributed by atoms with Gasteiger partial charge in [0.2, 0.25) is 5.67 Å². The molecule has 0 spiro atoms. The van der Waals surface area contributed by atoms with Gasteiger partial charge in [-0.2, -0.15) is 8.78 Å². The van der Waals surface area contributed by atoms with Crippen LogP contribution in [0.1, 0.15) is 16.8 Å². The van der Waals surface area contributed by atoms with E-state index in [2.05, 4.69) is 4.74 Å². The molecule has 0 aromatic heterocycles. The second-order valence-corrected chi connectivity index (χ2v) is 5.82. The number of aliphatic carboxylic acids is 1. The molecule has 1 atom stereocenters. The molecule has 1 aliphatic rings. The highest BCUT2D eigenvalue weighted by Gasteiger charge is 2.47. The lowest BCUT2D eigenvalue weighted by atomic mass is 10.0. The SMILES string of the molecule is O=C(c1cc2ccccc2cc1OC(F)F)N1CCC(F)(C(=O)O)C1. The van der Waals surface area contributed by atoms with Crippen LogP contribution < -0.4 is 4.74 Å². The van der Waals surface area contributed by atoms with Crippen molar-refractivity contribution in [1.82, 2.24) is 4.90 Å². The summed E-state index contributed by atoms with van der Waals surface area (Å²) in [6, 6.07) is 9.49. The summed E-state index contributed by atoms with van der Waals surface area (Å²) in [7, 11) is 0. The molecule has 1 unspecified atom stereocenters. The molecule has 5 nitrogen and oxygen atoms in total. The summed E-state index contributed by atoms with van der Waals surface area (Å²) in [6.07, 6.45) is -0.354. The van der Waals surface area contributed by atoms with Gasteiger partial charge in [-0.25, -0.2) is 9.18 Å². The third-order valence-electron chi connectivity index (χ3n) is 4.18. The van der Waals surface area contributed by atoms with Crippen molar-refractivity contribution in [3.8, 4) is 5.75 Å². The number of carbonyl (C=O) groups is 2. The second kappa shape index (κ2) is 6.27. The van der Waals surface area contributed by atoms with Crippen molar-refractivity contribution in [3.05, 3.63) is 42.0 Å². The summed E-state index contributed by atoms with van der Waals surface area (Å²) in [4.78, 5) is 24.6. The van der Waals surface area contributed by atoms with E-state index in [0.717, 1.165) is 4.90 Å². The van der Waals surface area contributed by atoms with Crippen LogP contribution in [0.4, 0.5) is 13.2 Å². The number of hydrogen-bond acceptors (Lipinski definition) is 3. The molecule has 0 aliphatic carbocycles. The van der Waals surface area contributed by atoms with Crippen LogP contribution in [0, 0.1) is 0 Å². The molecule has 8 heteroatoms. The number of likely N-dealkylation sites (tertiary alicyclic amines) is 1. The highest BCUT2D eigenvalue weighted by molar-refractivity contribution is 6.02. The lowest BCUT2D eigenvalue weighted by Crippen LogP contribution is -2.39. The predicted octanol–water partition coefficient (Wildman–Crippen LogP) is 3.08. The van der Waals surface area contributed by atoms with E-state index in [9.17, 15) is 22.8 Å². The van der Waals surface area contributed by atoms with E-state index in [1.807, 2.05) is 0 Å². The smallest absolute Gasteiger partial charge is 0.387 e. The topological polar surface area (TPSA) is 66.8 Å². The summed E-state index contributed by atoms with van der Waals surface area (Å²) in [6.45, 7) is -3.89. The number of halogens is 3. The number of benzene rings is 2. The van der Waals surface area contributed by atoms with Crippen molar-refractivity contribution in [2.75, 3.05) is 13.1 Å². The Hall–Kier alpha value is -2.77. The minimum atomic E-state index is -3.13. The van der Waals surface area contributed by atoms with Crippen LogP contribution in [-0.2, 0) is 4.79 Å². The number of fused-ring (bicyclic) bond motifs is 1. The molecule has 1 fully saturated rings. The Morgan fingerprint density at radius 2 is 1.84 bits per heavy atom. The van der Waals surface area contributed by atoms with Gasteiger partial charge >= 0.3 is 12.6 Å². The van der Waals surface area contributed by atoms with Crippen LogP contribution in [0.3, 0.4) is 0 Å². The molecule has 1 aliphatic heterocycles. The Bertz CT molecular complexity index is 842. The number of hydrogen-bond donors (Lipinski definition) is 1. The molecule has 2 aromatic carbocycles. The fourth-order valence-electron chi connectivity index (χ4n) is 2.87. The Labute approximate surface area is 140 Å². The standard InChI is InChI=1S/C17H14F3NO4/c18-16(19)25-13-8-11-4-2-1-3-10(11)7-12(13)14(22)21-6-5-17(20,9-21)15(23)24/h1-4,7-8,16H,5-6,9H2,(H,23,24). The van der Waals surface area contributed by atoms with E-state index in [1.54, 1.807) is 24.3 Å². The first-order valence-electron chi connectivity index (χ1n) is 7.49. The Balaban J connectivity index is 1.98. The summed E-state index contributed by atoms with van der Waals surface area (Å²) in [5.74, 6) is -2.72. The molecule has 3 rings (SSSR count). The van der Waals surface area contributed by atoms with E-state index >= 15 is 0 Å². The monoisotopic (exact) mass is 353 g/mol. The molecular formula is C17H14F3NO4. The van der Waals surface area contributed by atoms with Gasteiger partial charge in [-0.15, -0.1) is 0 Å². The summed E-state index contributed by atoms with van der Waals surface area (Å²) in [5, 5.41) is 10.1. The van der Waals surface area contributed by atoms with Crippen molar-refractivity contribution < 1.29 is 32.6 Å². The summed E-state index contributed by atoms with van der Waals surface area (Å²) in [5.41, 5.74) is -2.69. The molecule has 0 saturated carbocycles. The number of carbonyl (C=O) groups excluding carboxylic acids is 1. The van der Waals surface area contributed by atoms with E-state index in [4.69, 9.17) is 5.11 Å². The first-order chi connectivity index (χ1) is 11.8. The third-order valence-corrected chi connectivity index (χ3v) is 4.18. The number of alkyl halides is 3. The van der Waals surface area contributed by atoms with Crippen LogP contribution in [-0.4, -0.2) is 47.3 Å². The largest absolute Gasteiger partial charge is 0.479 e. The van der Waals surface area contributed by atoms with Crippen molar-refractivity contribution in [2.45, 2.75) is 18.7 Å². The van der Waals surface area contributed by atoms with E-state index in [1.165, 1.54) is 12.1 Å². The van der Waals surface area contributed by atoms with Gasteiger partial charge < -0.3 is 14.7 Å². The predicted molar refractivity (Wildman–Crippen MR) is 82.6 cm³/mol. The zero-order valence-corrected chi connectivity index (χ0v) is 12.9. The molecule has 2 aromatic rings. The minimum absolute atomic E-state index is 0.122. The van der Waals surface area contributed by atoms with Crippen molar-refractivity contribution >= 4 is 22.6 Å². The molecular weight excluding hydrogens is 339 g/mol. The zero-order valence-electron chi connectivity index (χ0n) is 12.9. The van der Waals surface area contributed by atoms with Gasteiger partial charge in [-0.05, 0) is 22.9 Å². The second-order valence-electron chi connectivity index (χ2n) is 5.82. The summed E-state index contributed by atoms with van der Waals surface area (Å²) < 4.78 is 44.0. The maximum absolute atomic E-state index is 14.2. The van der Waals surface area contributed by atoms with Crippen molar-refractivity contribution in [2.24, 2.45) is 0 Å². The van der Waals surface area contributed by atoms with Crippen LogP contribution in [0.5, 0.6) is 5.75 Å². The van der Waals surface area contributed by atoms with Gasteiger partial charge in [0.25, 0.3) is 5.91 Å². The van der Waals surface area contributed by atoms with Gasteiger partial charge in [0.05, 0.1) is 12.1 Å². The van der Waals surface area contributed by atoms with Crippen LogP contribution in [0.2, 0.25) is 0 Å². The normalized spacial score (nSPS) is 20.2. The molecule has 0 bridgehead atoms. The fraction of sp³-hybridized carbons (Fsp3) is 0.294. The lowest BCUT2D eigenvalue weighted by molar-refractivity contribution is -0.149. The van der Waals surface area contributed by atoms with Gasteiger partial charge in [0, 0.05) is 13.0 Å². The zero-order chi connectivity index (χ0) is 18.2. The first kappa shape index (κ1) is 17.1. The van der Waals surface area contributed by atoms with Gasteiger partial charge in [-0.3, -0.25) is 4.79 Å². The van der Waals surface area contributed by atoms with Crippen LogP contribution >= 0.6 is 0 Å². The highest BCUT2D eigenvalue weighted by atomic mass is 19.3. The molecule has 25 heavy (non-hydrogen) atoms. The number of ether oxygens (including phenoxy) is 1. The quantitative estimate of drug-likeness (QED) is 0.917. The van der Waals surface area contributed by atoms with Gasteiger partial charge in [-0.1, -0.05) is 24.3 Å². The Kier molecular flexibility index (Phi) is 4.28. The third kappa shape index (κ3) is 3.24. The number of amides is 1. The average Bonchev–Trinajstić information content (AvgIpc) is 2.97. The van der Waals surface area contributed by atoms with E-state index in [0.29, 0.717) is 10.8 Å². The van der Waals surface area contributed by atoms with Crippen molar-refractivity contribution in [1.29, 1.82) is 0 Å². The Morgan fingerprint density at radius 3 is 2.40 bits per heavy atom. The molecule has 1 N–H and O–H groups in total. The molecule has 1 amide bonds. The highest BCUT2D eigenvalue weighted by Crippen LogP contribution is 2.32. The molecule has 1 heterocycles. The number of rotatable bonds is 4. The van der Waals surface area contributed by atoms with Crippen LogP contribution in [0.15, 0.2) is 36.4 Å². The van der Waals surface area contributed by atoms with Gasteiger partial charge in [0.15, 0.2) is 0 Å². The maximum Gasteiger partial charge on any atom is 0.387 e. The molecule has 132 valence electrons. The molecule has 0 radical (unpaired) electrons. The Morgan fingerprint density at radius 1 is 1.20 bits per heavy atom. The van der Waals surface area contributed by atoms with E-state index < -0.39 is 30.7 Å². The first-order valence-corrected chi connectivity index (χ1v) is 7.49. The minimum Gasteiger partial charge on any atom is -0.479 e. The number of carboxylic acid groups (broad SMARTS) is 1. The lowest BCUT2D eigenvalue weighted by Gasteiger charge is -2.20. The summed E-state index contributed by atoms with van der Waals surface area (Å²) >= 11 is 0. The molecule has 1 saturated heterocycles. The van der Waals surface area contributed by atoms with E-state index in [-0.39, 0.29) is 24.3 Å². The van der Waals surface area contributed by atoms with Crippen molar-refractivity contribution in [3.63, 3.8) is 0 Å². The fourth-order valence-corrected chi connectivity index (χ4v) is 2.87. The number of carboxylic acids is 1. The number of nitrogens with zero attached hydrogens (tertiary/aromatic N) is 1. The van der Waals surface area contributed by atoms with Gasteiger partial charge in [0.1, 0.15) is 5.75 Å². The maximum atomic E-state index is 14.2. The average molecular weight is 353 g/mol.